The summed E-state index contributed by atoms with van der Waals surface area (Å²) in [6.07, 6.45) is 1.34. The van der Waals surface area contributed by atoms with Gasteiger partial charge in [0, 0.05) is 30.6 Å². The number of nitrogens with one attached hydrogen (secondary N) is 2. The lowest BCUT2D eigenvalue weighted by Crippen LogP contribution is -2.48. The van der Waals surface area contributed by atoms with Crippen molar-refractivity contribution in [3.05, 3.63) is 53.2 Å². The highest BCUT2D eigenvalue weighted by Crippen LogP contribution is 2.20. The molecule has 0 spiro atoms. The van der Waals surface area contributed by atoms with Gasteiger partial charge in [-0.15, -0.1) is 0 Å². The zero-order valence-corrected chi connectivity index (χ0v) is 23.9. The van der Waals surface area contributed by atoms with E-state index in [1.807, 2.05) is 58.0 Å². The first-order valence-electron chi connectivity index (χ1n) is 13.9. The summed E-state index contributed by atoms with van der Waals surface area (Å²) in [6.45, 7) is 10.6. The molecule has 0 saturated carbocycles. The van der Waals surface area contributed by atoms with Gasteiger partial charge >= 0.3 is 0 Å². The van der Waals surface area contributed by atoms with Gasteiger partial charge in [0.15, 0.2) is 5.82 Å². The smallest absolute Gasteiger partial charge is 0.243 e. The minimum Gasteiger partial charge on any atom is -0.361 e. The van der Waals surface area contributed by atoms with Crippen LogP contribution < -0.4 is 10.6 Å². The van der Waals surface area contributed by atoms with Crippen molar-refractivity contribution >= 4 is 17.7 Å². The van der Waals surface area contributed by atoms with E-state index in [-0.39, 0.29) is 36.5 Å². The largest absolute Gasteiger partial charge is 0.361 e. The van der Waals surface area contributed by atoms with Gasteiger partial charge in [-0.05, 0) is 39.5 Å². The van der Waals surface area contributed by atoms with E-state index in [0.29, 0.717) is 55.6 Å². The van der Waals surface area contributed by atoms with Gasteiger partial charge in [-0.25, -0.2) is 9.67 Å². The topological polar surface area (TPSA) is 135 Å². The van der Waals surface area contributed by atoms with Gasteiger partial charge in [-0.1, -0.05) is 49.3 Å². The van der Waals surface area contributed by atoms with Crippen LogP contribution in [0.25, 0.3) is 11.4 Å². The summed E-state index contributed by atoms with van der Waals surface area (Å²) in [5.74, 6) is 1.41. The Morgan fingerprint density at radius 2 is 1.85 bits per heavy atom. The van der Waals surface area contributed by atoms with Gasteiger partial charge in [0.1, 0.15) is 17.6 Å². The molecular formula is C29H39N7O4. The van der Waals surface area contributed by atoms with E-state index >= 15 is 0 Å². The first-order chi connectivity index (χ1) is 19.1. The van der Waals surface area contributed by atoms with Crippen molar-refractivity contribution in [1.29, 1.82) is 0 Å². The van der Waals surface area contributed by atoms with Crippen LogP contribution in [0.3, 0.4) is 0 Å². The van der Waals surface area contributed by atoms with Crippen LogP contribution in [0.2, 0.25) is 0 Å². The summed E-state index contributed by atoms with van der Waals surface area (Å²) < 4.78 is 7.02. The fourth-order valence-electron chi connectivity index (χ4n) is 4.92. The quantitative estimate of drug-likeness (QED) is 0.499. The van der Waals surface area contributed by atoms with E-state index in [1.165, 1.54) is 0 Å². The lowest BCUT2D eigenvalue weighted by atomic mass is 10.0. The standard InChI is InChI=1S/C29H39N7O4/c1-18(2)16-24-29(39)30-20(4)28-32-27(22-10-7-6-8-11-22)33-36(28)15-14-35(13-9-12-25(37)31-24)26(38)17-23-19(3)34-40-21(23)5/h6-8,10-11,18,20,24H,9,12-17H2,1-5H3,(H,30,39)(H,31,37)/t20-,24-/m1/s1. The maximum absolute atomic E-state index is 13.5. The first-order valence-corrected chi connectivity index (χ1v) is 13.9. The summed E-state index contributed by atoms with van der Waals surface area (Å²) in [5.41, 5.74) is 2.33. The predicted octanol–water partition coefficient (Wildman–Crippen LogP) is 3.12. The number of carbonyl (C=O) groups is 3. The zero-order chi connectivity index (χ0) is 28.8. The summed E-state index contributed by atoms with van der Waals surface area (Å²) >= 11 is 0. The van der Waals surface area contributed by atoms with Crippen molar-refractivity contribution in [3.63, 3.8) is 0 Å². The summed E-state index contributed by atoms with van der Waals surface area (Å²) in [5, 5.41) is 14.7. The molecule has 3 aromatic rings. The highest BCUT2D eigenvalue weighted by atomic mass is 16.5. The Balaban J connectivity index is 1.65. The van der Waals surface area contributed by atoms with E-state index < -0.39 is 12.1 Å². The molecular weight excluding hydrogens is 510 g/mol. The highest BCUT2D eigenvalue weighted by Gasteiger charge is 2.27. The third kappa shape index (κ3) is 7.13. The summed E-state index contributed by atoms with van der Waals surface area (Å²) in [7, 11) is 0. The normalized spacial score (nSPS) is 19.1. The van der Waals surface area contributed by atoms with E-state index in [2.05, 4.69) is 15.8 Å². The van der Waals surface area contributed by atoms with Gasteiger partial charge in [0.2, 0.25) is 17.7 Å². The van der Waals surface area contributed by atoms with Crippen molar-refractivity contribution in [2.75, 3.05) is 13.1 Å². The Bertz CT molecular complexity index is 1310. The molecule has 1 aliphatic heterocycles. The number of hydrogen-bond acceptors (Lipinski definition) is 7. The third-order valence-electron chi connectivity index (χ3n) is 7.11. The molecule has 0 bridgehead atoms. The minimum absolute atomic E-state index is 0.0779. The molecule has 0 aliphatic carbocycles. The number of aryl methyl sites for hydroxylation is 2. The van der Waals surface area contributed by atoms with Crippen molar-refractivity contribution in [2.45, 2.75) is 78.9 Å². The second-order valence-electron chi connectivity index (χ2n) is 10.8. The van der Waals surface area contributed by atoms with Crippen molar-refractivity contribution in [2.24, 2.45) is 5.92 Å². The molecule has 2 N–H and O–H groups in total. The molecule has 1 aromatic carbocycles. The van der Waals surface area contributed by atoms with Crippen LogP contribution in [-0.2, 0) is 27.3 Å². The molecule has 2 aromatic heterocycles. The van der Waals surface area contributed by atoms with Crippen LogP contribution in [-0.4, -0.2) is 61.7 Å². The lowest BCUT2D eigenvalue weighted by molar-refractivity contribution is -0.131. The van der Waals surface area contributed by atoms with Gasteiger partial charge < -0.3 is 20.1 Å². The van der Waals surface area contributed by atoms with Crippen molar-refractivity contribution in [3.8, 4) is 11.4 Å². The van der Waals surface area contributed by atoms with Crippen LogP contribution >= 0.6 is 0 Å². The Labute approximate surface area is 234 Å². The first kappa shape index (κ1) is 29.0. The van der Waals surface area contributed by atoms with Crippen LogP contribution in [0.1, 0.15) is 68.9 Å². The number of fused-ring (bicyclic) bond motifs is 1. The molecule has 0 fully saturated rings. The molecule has 4 rings (SSSR count). The number of hydrogen-bond donors (Lipinski definition) is 2. The SMILES string of the molecule is Cc1noc(C)c1CC(=O)N1CCCC(=O)N[C@H](CC(C)C)C(=O)N[C@H](C)c2nc(-c3ccccc3)nn2CC1. The van der Waals surface area contributed by atoms with Gasteiger partial charge in [0.25, 0.3) is 0 Å². The number of nitrogens with zero attached hydrogens (tertiary/aromatic N) is 5. The Kier molecular flexibility index (Phi) is 9.34. The number of aromatic nitrogens is 4. The Morgan fingerprint density at radius 3 is 2.52 bits per heavy atom. The van der Waals surface area contributed by atoms with Crippen molar-refractivity contribution < 1.29 is 18.9 Å². The second-order valence-corrected chi connectivity index (χ2v) is 10.8. The van der Waals surface area contributed by atoms with E-state index in [4.69, 9.17) is 14.6 Å². The Morgan fingerprint density at radius 1 is 1.10 bits per heavy atom. The predicted molar refractivity (Wildman–Crippen MR) is 149 cm³/mol. The molecule has 11 heteroatoms. The van der Waals surface area contributed by atoms with Gasteiger partial charge in [-0.2, -0.15) is 5.10 Å². The van der Waals surface area contributed by atoms with Crippen LogP contribution in [0, 0.1) is 19.8 Å². The average Bonchev–Trinajstić information content (AvgIpc) is 3.48. The maximum Gasteiger partial charge on any atom is 0.243 e. The summed E-state index contributed by atoms with van der Waals surface area (Å²) in [4.78, 5) is 46.1. The molecule has 40 heavy (non-hydrogen) atoms. The lowest BCUT2D eigenvalue weighted by Gasteiger charge is -2.26. The molecule has 214 valence electrons. The number of carbonyl (C=O) groups excluding carboxylic acids is 3. The maximum atomic E-state index is 13.5. The molecule has 0 saturated heterocycles. The highest BCUT2D eigenvalue weighted by molar-refractivity contribution is 5.87. The molecule has 1 aliphatic rings. The van der Waals surface area contributed by atoms with E-state index in [9.17, 15) is 14.4 Å². The average molecular weight is 550 g/mol. The third-order valence-corrected chi connectivity index (χ3v) is 7.11. The Hall–Kier alpha value is -4.02. The molecule has 3 amide bonds. The molecule has 0 unspecified atom stereocenters. The van der Waals surface area contributed by atoms with Crippen LogP contribution in [0.5, 0.6) is 0 Å². The number of rotatable bonds is 5. The minimum atomic E-state index is -0.667. The fourth-order valence-corrected chi connectivity index (χ4v) is 4.92. The van der Waals surface area contributed by atoms with E-state index in [1.54, 1.807) is 16.5 Å². The second kappa shape index (κ2) is 12.9. The van der Waals surface area contributed by atoms with E-state index in [0.717, 1.165) is 11.1 Å². The summed E-state index contributed by atoms with van der Waals surface area (Å²) in [6, 6.07) is 8.50. The monoisotopic (exact) mass is 549 g/mol. The number of benzene rings is 1. The van der Waals surface area contributed by atoms with Gasteiger partial charge in [0.05, 0.1) is 24.7 Å². The fraction of sp³-hybridized carbons (Fsp3) is 0.517. The molecule has 3 heterocycles. The molecule has 2 atom stereocenters. The molecule has 0 radical (unpaired) electrons. The number of amides is 3. The van der Waals surface area contributed by atoms with Crippen LogP contribution in [0.4, 0.5) is 0 Å². The van der Waals surface area contributed by atoms with Crippen LogP contribution in [0.15, 0.2) is 34.9 Å². The molecule has 11 nitrogen and oxygen atoms in total. The zero-order valence-electron chi connectivity index (χ0n) is 23.9. The van der Waals surface area contributed by atoms with Gasteiger partial charge in [-0.3, -0.25) is 14.4 Å². The van der Waals surface area contributed by atoms with Crippen molar-refractivity contribution in [1.82, 2.24) is 35.5 Å².